The summed E-state index contributed by atoms with van der Waals surface area (Å²) in [4.78, 5) is 11.8. The Morgan fingerprint density at radius 1 is 1.00 bits per heavy atom. The van der Waals surface area contributed by atoms with Gasteiger partial charge in [0.05, 0.1) is 42.7 Å². The second-order valence-electron chi connectivity index (χ2n) is 12.9. The molecule has 248 valence electrons. The second kappa shape index (κ2) is 14.4. The van der Waals surface area contributed by atoms with E-state index in [1.807, 2.05) is 43.8 Å². The van der Waals surface area contributed by atoms with Crippen molar-refractivity contribution in [2.75, 3.05) is 18.4 Å². The molecule has 2 aliphatic rings. The summed E-state index contributed by atoms with van der Waals surface area (Å²) in [5, 5.41) is 29.0. The van der Waals surface area contributed by atoms with Gasteiger partial charge in [0.15, 0.2) is 0 Å². The van der Waals surface area contributed by atoms with E-state index in [1.54, 1.807) is 23.1 Å². The molecule has 0 radical (unpaired) electrons. The molecule has 4 heterocycles. The Hall–Kier alpha value is -4.61. The number of anilines is 2. The van der Waals surface area contributed by atoms with Crippen molar-refractivity contribution in [3.8, 4) is 28.8 Å². The van der Waals surface area contributed by atoms with Crippen molar-refractivity contribution in [1.29, 1.82) is 5.26 Å². The molecule has 1 aliphatic carbocycles. The van der Waals surface area contributed by atoms with Gasteiger partial charge in [-0.1, -0.05) is 6.07 Å². The molecule has 3 aromatic heterocycles. The van der Waals surface area contributed by atoms with Crippen LogP contribution in [-0.2, 0) is 11.3 Å². The Kier molecular flexibility index (Phi) is 9.93. The highest BCUT2D eigenvalue weighted by molar-refractivity contribution is 5.67. The number of morpholine rings is 1. The summed E-state index contributed by atoms with van der Waals surface area (Å²) in [7, 11) is 0. The number of hydrogen-bond donors (Lipinski definition) is 1. The average Bonchev–Trinajstić information content (AvgIpc) is 3.70. The molecule has 2 fully saturated rings. The van der Waals surface area contributed by atoms with Crippen LogP contribution >= 0.6 is 0 Å². The van der Waals surface area contributed by atoms with E-state index in [1.165, 1.54) is 6.33 Å². The number of hydrogen-bond acceptors (Lipinski definition) is 12. The fraction of sp³-hybridized carbons (Fsp3) is 0.545. The molecule has 0 bridgehead atoms. The van der Waals surface area contributed by atoms with Gasteiger partial charge in [-0.25, -0.2) is 14.6 Å². The summed E-state index contributed by atoms with van der Waals surface area (Å²) in [6, 6.07) is 8.51. The number of aromatic nitrogens is 8. The van der Waals surface area contributed by atoms with Crippen molar-refractivity contribution >= 4 is 11.6 Å². The van der Waals surface area contributed by atoms with Crippen LogP contribution < -0.4 is 14.8 Å². The number of nitrogens with one attached hydrogen (secondary N) is 1. The maximum Gasteiger partial charge on any atom is 0.257 e. The molecule has 1 aliphatic heterocycles. The number of benzene rings is 1. The quantitative estimate of drug-likeness (QED) is 0.239. The fourth-order valence-electron chi connectivity index (χ4n) is 6.50. The van der Waals surface area contributed by atoms with Gasteiger partial charge in [-0.05, 0) is 88.4 Å². The van der Waals surface area contributed by atoms with E-state index >= 15 is 0 Å². The van der Waals surface area contributed by atoms with Crippen LogP contribution in [-0.4, -0.2) is 88.4 Å². The number of tetrazole rings is 1. The molecule has 6 rings (SSSR count). The Balaban J connectivity index is 1.12. The van der Waals surface area contributed by atoms with Crippen molar-refractivity contribution in [2.24, 2.45) is 0 Å². The molecule has 1 aromatic carbocycles. The molecule has 3 atom stereocenters. The lowest BCUT2D eigenvalue weighted by atomic mass is 9.89. The van der Waals surface area contributed by atoms with Crippen molar-refractivity contribution in [3.63, 3.8) is 0 Å². The highest BCUT2D eigenvalue weighted by Crippen LogP contribution is 2.36. The fourth-order valence-corrected chi connectivity index (χ4v) is 6.50. The van der Waals surface area contributed by atoms with Gasteiger partial charge in [0, 0.05) is 37.1 Å². The summed E-state index contributed by atoms with van der Waals surface area (Å²) in [6.45, 7) is 12.7. The first-order valence-electron chi connectivity index (χ1n) is 16.4. The number of rotatable bonds is 11. The largest absolute Gasteiger partial charge is 0.487 e. The predicted molar refractivity (Wildman–Crippen MR) is 174 cm³/mol. The third kappa shape index (κ3) is 8.04. The van der Waals surface area contributed by atoms with Gasteiger partial charge in [0.2, 0.25) is 5.95 Å². The van der Waals surface area contributed by atoms with Crippen LogP contribution in [0.15, 0.2) is 43.1 Å². The van der Waals surface area contributed by atoms with Crippen molar-refractivity contribution in [1.82, 2.24) is 44.9 Å². The molecule has 47 heavy (non-hydrogen) atoms. The summed E-state index contributed by atoms with van der Waals surface area (Å²) in [5.41, 5.74) is 2.78. The van der Waals surface area contributed by atoms with Crippen LogP contribution in [0.5, 0.6) is 11.6 Å². The average molecular weight is 642 g/mol. The first-order valence-corrected chi connectivity index (χ1v) is 16.4. The van der Waals surface area contributed by atoms with Crippen LogP contribution in [0.3, 0.4) is 0 Å². The first kappa shape index (κ1) is 32.3. The van der Waals surface area contributed by atoms with Gasteiger partial charge >= 0.3 is 0 Å². The van der Waals surface area contributed by atoms with Crippen molar-refractivity contribution in [2.45, 2.75) is 103 Å². The maximum atomic E-state index is 9.65. The highest BCUT2D eigenvalue weighted by atomic mass is 16.5. The third-order valence-corrected chi connectivity index (χ3v) is 8.55. The number of nitrogens with zero attached hydrogens (tertiary/aromatic N) is 10. The van der Waals surface area contributed by atoms with Crippen LogP contribution in [0.4, 0.5) is 11.6 Å². The number of ether oxygens (including phenoxy) is 3. The second-order valence-corrected chi connectivity index (χ2v) is 12.9. The third-order valence-electron chi connectivity index (χ3n) is 8.55. The molecule has 4 aromatic rings. The van der Waals surface area contributed by atoms with Crippen LogP contribution in [0.25, 0.3) is 11.1 Å². The normalized spacial score (nSPS) is 22.5. The SMILES string of the molecule is CC(C)Oc1nn([C@H]2CC[C@H](N3C[C@@H](C)O[C@@H](C)C3)CC2)cc1Nc1ncc(-c2ccc(C#N)c(O[C@@H](C)Cn3cnnn3)c2)cn1. The standard InChI is InChI=1S/C33H43N11O3/c1-21(2)45-32-30(19-44(39-32)29-10-8-28(9-11-29)42-16-22(3)46-23(4)17-42)38-33-35-14-27(15-36-33)25-6-7-26(13-34)31(12-25)47-24(5)18-43-20-37-40-41-43/h6-7,12,14-15,19-24,28-29H,8-11,16-18H2,1-5H3,(H,35,36,38)/t22-,23+,24-,28-,29-/m0/s1. The van der Waals surface area contributed by atoms with E-state index in [0.29, 0.717) is 41.8 Å². The topological polar surface area (TPSA) is 154 Å². The monoisotopic (exact) mass is 641 g/mol. The van der Waals surface area contributed by atoms with Gasteiger partial charge < -0.3 is 19.5 Å². The lowest BCUT2D eigenvalue weighted by Gasteiger charge is -2.42. The lowest BCUT2D eigenvalue weighted by Crippen LogP contribution is -2.51. The van der Waals surface area contributed by atoms with Crippen molar-refractivity contribution < 1.29 is 14.2 Å². The molecular weight excluding hydrogens is 598 g/mol. The highest BCUT2D eigenvalue weighted by Gasteiger charge is 2.32. The molecule has 1 saturated carbocycles. The van der Waals surface area contributed by atoms with Gasteiger partial charge in [0.1, 0.15) is 29.9 Å². The number of nitriles is 1. The van der Waals surface area contributed by atoms with E-state index in [-0.39, 0.29) is 24.4 Å². The Morgan fingerprint density at radius 2 is 1.72 bits per heavy atom. The minimum atomic E-state index is -0.265. The Labute approximate surface area is 275 Å². The minimum Gasteiger partial charge on any atom is -0.487 e. The van der Waals surface area contributed by atoms with E-state index < -0.39 is 0 Å². The van der Waals surface area contributed by atoms with Gasteiger partial charge in [-0.2, -0.15) is 5.26 Å². The van der Waals surface area contributed by atoms with E-state index in [4.69, 9.17) is 19.3 Å². The van der Waals surface area contributed by atoms with E-state index in [0.717, 1.165) is 55.6 Å². The molecule has 1 saturated heterocycles. The maximum absolute atomic E-state index is 9.65. The van der Waals surface area contributed by atoms with Crippen LogP contribution in [0.2, 0.25) is 0 Å². The van der Waals surface area contributed by atoms with Gasteiger partial charge in [-0.3, -0.25) is 9.58 Å². The lowest BCUT2D eigenvalue weighted by molar-refractivity contribution is -0.0852. The molecule has 0 amide bonds. The van der Waals surface area contributed by atoms with E-state index in [2.05, 4.69) is 55.6 Å². The van der Waals surface area contributed by atoms with Crippen molar-refractivity contribution in [3.05, 3.63) is 48.7 Å². The van der Waals surface area contributed by atoms with Gasteiger partial charge in [0.25, 0.3) is 5.88 Å². The van der Waals surface area contributed by atoms with Crippen LogP contribution in [0.1, 0.15) is 71.9 Å². The molecule has 14 nitrogen and oxygen atoms in total. The molecular formula is C33H43N11O3. The zero-order valence-corrected chi connectivity index (χ0v) is 27.7. The summed E-state index contributed by atoms with van der Waals surface area (Å²) in [5.74, 6) is 1.44. The summed E-state index contributed by atoms with van der Waals surface area (Å²) >= 11 is 0. The molecule has 14 heteroatoms. The first-order chi connectivity index (χ1) is 22.7. The summed E-state index contributed by atoms with van der Waals surface area (Å²) < 4.78 is 21.8. The molecule has 0 unspecified atom stereocenters. The zero-order chi connectivity index (χ0) is 32.9. The Bertz CT molecular complexity index is 1630. The van der Waals surface area contributed by atoms with Gasteiger partial charge in [-0.15, -0.1) is 10.2 Å². The van der Waals surface area contributed by atoms with E-state index in [9.17, 15) is 5.26 Å². The zero-order valence-electron chi connectivity index (χ0n) is 27.7. The summed E-state index contributed by atoms with van der Waals surface area (Å²) in [6.07, 6.45) is 11.7. The molecule has 0 spiro atoms. The Morgan fingerprint density at radius 3 is 2.38 bits per heavy atom. The smallest absolute Gasteiger partial charge is 0.257 e. The molecule has 1 N–H and O–H groups in total. The van der Waals surface area contributed by atoms with Crippen LogP contribution in [0, 0.1) is 11.3 Å². The predicted octanol–water partition coefficient (Wildman–Crippen LogP) is 4.79. The minimum absolute atomic E-state index is 0.0355.